The smallest absolute Gasteiger partial charge is 0.268 e. The first-order valence-corrected chi connectivity index (χ1v) is 8.60. The lowest BCUT2D eigenvalue weighted by Crippen LogP contribution is -2.49. The first-order chi connectivity index (χ1) is 12.9. The molecule has 27 heavy (non-hydrogen) atoms. The predicted molar refractivity (Wildman–Crippen MR) is 98.4 cm³/mol. The van der Waals surface area contributed by atoms with Crippen LogP contribution >= 0.6 is 0 Å². The highest BCUT2D eigenvalue weighted by molar-refractivity contribution is 6.03. The summed E-state index contributed by atoms with van der Waals surface area (Å²) in [5, 5.41) is 2.79. The summed E-state index contributed by atoms with van der Waals surface area (Å²) < 4.78 is 24.3. The van der Waals surface area contributed by atoms with Crippen LogP contribution in [0.5, 0.6) is 11.5 Å². The van der Waals surface area contributed by atoms with E-state index in [9.17, 15) is 14.0 Å². The molecule has 0 fully saturated rings. The van der Waals surface area contributed by atoms with E-state index in [1.54, 1.807) is 44.2 Å². The number of carbonyl (C=O) groups excluding carboxylic acids is 2. The van der Waals surface area contributed by atoms with Crippen LogP contribution < -0.4 is 19.7 Å². The van der Waals surface area contributed by atoms with Gasteiger partial charge in [-0.3, -0.25) is 14.5 Å². The van der Waals surface area contributed by atoms with Gasteiger partial charge in [-0.05, 0) is 43.7 Å². The van der Waals surface area contributed by atoms with Crippen molar-refractivity contribution in [1.29, 1.82) is 0 Å². The SMILES string of the molecule is COc1ccc(C(C)NC(=O)CN2C(=O)C(C)Oc3ccccc32)cc1F. The lowest BCUT2D eigenvalue weighted by molar-refractivity contribution is -0.128. The van der Waals surface area contributed by atoms with Crippen molar-refractivity contribution in [3.63, 3.8) is 0 Å². The Labute approximate surface area is 156 Å². The molecule has 0 spiro atoms. The number of amides is 2. The molecule has 0 saturated heterocycles. The average molecular weight is 372 g/mol. The molecule has 0 aliphatic carbocycles. The summed E-state index contributed by atoms with van der Waals surface area (Å²) >= 11 is 0. The number of hydrogen-bond donors (Lipinski definition) is 1. The van der Waals surface area contributed by atoms with Crippen LogP contribution in [-0.2, 0) is 9.59 Å². The number of methoxy groups -OCH3 is 1. The fourth-order valence-corrected chi connectivity index (χ4v) is 2.99. The summed E-state index contributed by atoms with van der Waals surface area (Å²) in [5.74, 6) is -0.436. The van der Waals surface area contributed by atoms with E-state index in [1.807, 2.05) is 0 Å². The van der Waals surface area contributed by atoms with E-state index in [4.69, 9.17) is 9.47 Å². The second-order valence-corrected chi connectivity index (χ2v) is 6.34. The molecule has 1 N–H and O–H groups in total. The predicted octanol–water partition coefficient (Wildman–Crippen LogP) is 2.83. The van der Waals surface area contributed by atoms with Crippen LogP contribution in [0, 0.1) is 5.82 Å². The largest absolute Gasteiger partial charge is 0.494 e. The maximum Gasteiger partial charge on any atom is 0.268 e. The summed E-state index contributed by atoms with van der Waals surface area (Å²) in [6.45, 7) is 3.25. The first kappa shape index (κ1) is 18.7. The quantitative estimate of drug-likeness (QED) is 0.876. The number of fused-ring (bicyclic) bond motifs is 1. The van der Waals surface area contributed by atoms with Gasteiger partial charge in [-0.15, -0.1) is 0 Å². The zero-order valence-electron chi connectivity index (χ0n) is 15.4. The Morgan fingerprint density at radius 1 is 1.33 bits per heavy atom. The van der Waals surface area contributed by atoms with Gasteiger partial charge in [-0.25, -0.2) is 4.39 Å². The van der Waals surface area contributed by atoms with Gasteiger partial charge in [0.2, 0.25) is 5.91 Å². The first-order valence-electron chi connectivity index (χ1n) is 8.60. The normalized spacial score (nSPS) is 17.0. The molecule has 0 saturated carbocycles. The van der Waals surface area contributed by atoms with Gasteiger partial charge < -0.3 is 14.8 Å². The van der Waals surface area contributed by atoms with Crippen LogP contribution in [0.3, 0.4) is 0 Å². The van der Waals surface area contributed by atoms with E-state index in [2.05, 4.69) is 5.32 Å². The molecule has 0 aromatic heterocycles. The number of rotatable bonds is 5. The maximum absolute atomic E-state index is 13.9. The van der Waals surface area contributed by atoms with Crippen LogP contribution in [0.15, 0.2) is 42.5 Å². The lowest BCUT2D eigenvalue weighted by atomic mass is 10.1. The lowest BCUT2D eigenvalue weighted by Gasteiger charge is -2.32. The number of ether oxygens (including phenoxy) is 2. The molecule has 2 aromatic carbocycles. The molecule has 6 nitrogen and oxygen atoms in total. The summed E-state index contributed by atoms with van der Waals surface area (Å²) in [6, 6.07) is 11.2. The zero-order valence-corrected chi connectivity index (χ0v) is 15.4. The van der Waals surface area contributed by atoms with Gasteiger partial charge in [0.15, 0.2) is 17.7 Å². The molecule has 0 radical (unpaired) electrons. The number of hydrogen-bond acceptors (Lipinski definition) is 4. The van der Waals surface area contributed by atoms with Crippen molar-refractivity contribution < 1.29 is 23.5 Å². The molecule has 2 aromatic rings. The third-order valence-corrected chi connectivity index (χ3v) is 4.43. The number of nitrogens with zero attached hydrogens (tertiary/aromatic N) is 1. The maximum atomic E-state index is 13.9. The van der Waals surface area contributed by atoms with E-state index in [0.29, 0.717) is 17.0 Å². The van der Waals surface area contributed by atoms with Crippen molar-refractivity contribution in [2.24, 2.45) is 0 Å². The monoisotopic (exact) mass is 372 g/mol. The van der Waals surface area contributed by atoms with Crippen LogP contribution in [0.1, 0.15) is 25.5 Å². The van der Waals surface area contributed by atoms with Crippen LogP contribution in [0.4, 0.5) is 10.1 Å². The molecule has 1 aliphatic rings. The molecule has 3 rings (SSSR count). The molecular weight excluding hydrogens is 351 g/mol. The van der Waals surface area contributed by atoms with Gasteiger partial charge in [0, 0.05) is 0 Å². The second-order valence-electron chi connectivity index (χ2n) is 6.34. The minimum atomic E-state index is -0.666. The van der Waals surface area contributed by atoms with Crippen molar-refractivity contribution in [3.05, 3.63) is 53.8 Å². The molecule has 1 heterocycles. The van der Waals surface area contributed by atoms with Crippen molar-refractivity contribution in [2.45, 2.75) is 26.0 Å². The topological polar surface area (TPSA) is 67.9 Å². The van der Waals surface area contributed by atoms with Gasteiger partial charge in [0.1, 0.15) is 12.3 Å². The van der Waals surface area contributed by atoms with Gasteiger partial charge in [-0.2, -0.15) is 0 Å². The Hall–Kier alpha value is -3.09. The Kier molecular flexibility index (Phi) is 5.30. The number of anilines is 1. The number of carbonyl (C=O) groups is 2. The fourth-order valence-electron chi connectivity index (χ4n) is 2.99. The Bertz CT molecular complexity index is 871. The van der Waals surface area contributed by atoms with Crippen LogP contribution in [0.2, 0.25) is 0 Å². The molecule has 2 unspecified atom stereocenters. The van der Waals surface area contributed by atoms with E-state index < -0.39 is 18.0 Å². The third kappa shape index (κ3) is 3.86. The summed E-state index contributed by atoms with van der Waals surface area (Å²) in [5.41, 5.74) is 1.16. The fraction of sp³-hybridized carbons (Fsp3) is 0.300. The van der Waals surface area contributed by atoms with Crippen molar-refractivity contribution in [3.8, 4) is 11.5 Å². The number of benzene rings is 2. The third-order valence-electron chi connectivity index (χ3n) is 4.43. The summed E-state index contributed by atoms with van der Waals surface area (Å²) in [7, 11) is 1.39. The van der Waals surface area contributed by atoms with Crippen molar-refractivity contribution in [2.75, 3.05) is 18.6 Å². The standard InChI is InChI=1S/C20H21FN2O4/c1-12(14-8-9-17(26-3)15(21)10-14)22-19(24)11-23-16-6-4-5-7-18(16)27-13(2)20(23)25/h4-10,12-13H,11H2,1-3H3,(H,22,24). The van der Waals surface area contributed by atoms with E-state index >= 15 is 0 Å². The highest BCUT2D eigenvalue weighted by Gasteiger charge is 2.32. The highest BCUT2D eigenvalue weighted by Crippen LogP contribution is 2.33. The van der Waals surface area contributed by atoms with E-state index in [-0.39, 0.29) is 24.1 Å². The molecule has 7 heteroatoms. The summed E-state index contributed by atoms with van der Waals surface area (Å²) in [4.78, 5) is 26.4. The average Bonchev–Trinajstić information content (AvgIpc) is 2.65. The van der Waals surface area contributed by atoms with E-state index in [0.717, 1.165) is 0 Å². The van der Waals surface area contributed by atoms with E-state index in [1.165, 1.54) is 24.1 Å². The number of halogens is 1. The molecular formula is C20H21FN2O4. The van der Waals surface area contributed by atoms with Crippen LogP contribution in [-0.4, -0.2) is 31.6 Å². The molecule has 0 bridgehead atoms. The van der Waals surface area contributed by atoms with Gasteiger partial charge in [0.05, 0.1) is 18.8 Å². The molecule has 2 amide bonds. The Morgan fingerprint density at radius 2 is 2.07 bits per heavy atom. The number of para-hydroxylation sites is 2. The van der Waals surface area contributed by atoms with Gasteiger partial charge >= 0.3 is 0 Å². The molecule has 142 valence electrons. The molecule has 2 atom stereocenters. The van der Waals surface area contributed by atoms with Crippen LogP contribution in [0.25, 0.3) is 0 Å². The number of nitrogens with one attached hydrogen (secondary N) is 1. The second kappa shape index (κ2) is 7.65. The van der Waals surface area contributed by atoms with Gasteiger partial charge in [-0.1, -0.05) is 18.2 Å². The Morgan fingerprint density at radius 3 is 2.78 bits per heavy atom. The summed E-state index contributed by atoms with van der Waals surface area (Å²) in [6.07, 6.45) is -0.666. The minimum absolute atomic E-state index is 0.141. The Balaban J connectivity index is 1.72. The van der Waals surface area contributed by atoms with Crippen molar-refractivity contribution in [1.82, 2.24) is 5.32 Å². The van der Waals surface area contributed by atoms with Crippen molar-refractivity contribution >= 4 is 17.5 Å². The minimum Gasteiger partial charge on any atom is -0.494 e. The highest BCUT2D eigenvalue weighted by atomic mass is 19.1. The zero-order chi connectivity index (χ0) is 19.6. The van der Waals surface area contributed by atoms with Gasteiger partial charge in [0.25, 0.3) is 5.91 Å². The molecule has 1 aliphatic heterocycles.